The zero-order valence-corrected chi connectivity index (χ0v) is 5.49. The summed E-state index contributed by atoms with van der Waals surface area (Å²) >= 11 is 0. The monoisotopic (exact) mass is 125 g/mol. The van der Waals surface area contributed by atoms with Crippen LogP contribution in [0.5, 0.6) is 0 Å². The minimum absolute atomic E-state index is 0.176. The van der Waals surface area contributed by atoms with Gasteiger partial charge < -0.3 is 10.0 Å². The normalized spacial score (nSPS) is 25.1. The second-order valence-corrected chi connectivity index (χ2v) is 2.14. The zero-order chi connectivity index (χ0) is 6.69. The fourth-order valence-corrected chi connectivity index (χ4v) is 0.814. The van der Waals surface area contributed by atoms with Crippen LogP contribution in [0.3, 0.4) is 0 Å². The van der Waals surface area contributed by atoms with Crippen molar-refractivity contribution in [1.29, 1.82) is 0 Å². The minimum atomic E-state index is 0.176. The first-order valence-corrected chi connectivity index (χ1v) is 3.02. The molecule has 0 amide bonds. The van der Waals surface area contributed by atoms with Gasteiger partial charge in [-0.1, -0.05) is 12.2 Å². The van der Waals surface area contributed by atoms with E-state index >= 15 is 0 Å². The molecule has 1 N–H and O–H groups in total. The van der Waals surface area contributed by atoms with Gasteiger partial charge in [-0.3, -0.25) is 0 Å². The van der Waals surface area contributed by atoms with Crippen LogP contribution in [0.15, 0.2) is 24.4 Å². The Bertz CT molecular complexity index is 140. The van der Waals surface area contributed by atoms with Crippen LogP contribution < -0.4 is 0 Å². The predicted molar refractivity (Wildman–Crippen MR) is 36.9 cm³/mol. The van der Waals surface area contributed by atoms with Gasteiger partial charge >= 0.3 is 0 Å². The molecule has 1 aliphatic heterocycles. The van der Waals surface area contributed by atoms with E-state index in [9.17, 15) is 0 Å². The lowest BCUT2D eigenvalue weighted by Crippen LogP contribution is -2.29. The van der Waals surface area contributed by atoms with E-state index in [0.717, 1.165) is 0 Å². The summed E-state index contributed by atoms with van der Waals surface area (Å²) in [7, 11) is 1.95. The molecule has 0 unspecified atom stereocenters. The SMILES string of the molecule is CN1C=CC=C[C@H]1CO. The summed E-state index contributed by atoms with van der Waals surface area (Å²) in [4.78, 5) is 1.97. The molecular weight excluding hydrogens is 114 g/mol. The number of aliphatic hydroxyl groups is 1. The molecule has 50 valence electrons. The molecule has 0 bridgehead atoms. The molecule has 1 atom stereocenters. The van der Waals surface area contributed by atoms with E-state index in [0.29, 0.717) is 0 Å². The molecule has 0 saturated heterocycles. The quantitative estimate of drug-likeness (QED) is 0.547. The van der Waals surface area contributed by atoms with Crippen LogP contribution in [-0.4, -0.2) is 29.7 Å². The Morgan fingerprint density at radius 2 is 2.33 bits per heavy atom. The second-order valence-electron chi connectivity index (χ2n) is 2.14. The lowest BCUT2D eigenvalue weighted by Gasteiger charge is -2.23. The molecule has 1 heterocycles. The van der Waals surface area contributed by atoms with Crippen molar-refractivity contribution in [3.8, 4) is 0 Å². The highest BCUT2D eigenvalue weighted by molar-refractivity contribution is 5.12. The van der Waals surface area contributed by atoms with Crippen LogP contribution in [-0.2, 0) is 0 Å². The van der Waals surface area contributed by atoms with Crippen molar-refractivity contribution < 1.29 is 5.11 Å². The number of hydrogen-bond donors (Lipinski definition) is 1. The number of likely N-dealkylation sites (N-methyl/N-ethyl adjacent to an activating group) is 1. The maximum Gasteiger partial charge on any atom is 0.0698 e. The van der Waals surface area contributed by atoms with Gasteiger partial charge in [0.1, 0.15) is 0 Å². The summed E-state index contributed by atoms with van der Waals surface area (Å²) in [5.74, 6) is 0. The van der Waals surface area contributed by atoms with Crippen LogP contribution in [0.2, 0.25) is 0 Å². The number of allylic oxidation sites excluding steroid dienone is 2. The van der Waals surface area contributed by atoms with E-state index in [1.165, 1.54) is 0 Å². The number of aliphatic hydroxyl groups excluding tert-OH is 1. The van der Waals surface area contributed by atoms with Gasteiger partial charge in [0.15, 0.2) is 0 Å². The fraction of sp³-hybridized carbons (Fsp3) is 0.429. The molecule has 0 aromatic carbocycles. The molecule has 0 spiro atoms. The standard InChI is InChI=1S/C7H11NO/c1-8-5-3-2-4-7(8)6-9/h2-5,7,9H,6H2,1H3/t7-/m0/s1. The highest BCUT2D eigenvalue weighted by Crippen LogP contribution is 2.03. The summed E-state index contributed by atoms with van der Waals surface area (Å²) in [6.45, 7) is 0.192. The lowest BCUT2D eigenvalue weighted by molar-refractivity contribution is 0.212. The Hall–Kier alpha value is -0.760. The van der Waals surface area contributed by atoms with Crippen molar-refractivity contribution in [1.82, 2.24) is 4.90 Å². The third-order valence-corrected chi connectivity index (χ3v) is 1.48. The maximum absolute atomic E-state index is 8.73. The van der Waals surface area contributed by atoms with Crippen molar-refractivity contribution in [3.05, 3.63) is 24.4 Å². The van der Waals surface area contributed by atoms with Crippen molar-refractivity contribution in [3.63, 3.8) is 0 Å². The van der Waals surface area contributed by atoms with Gasteiger partial charge in [-0.15, -0.1) is 0 Å². The van der Waals surface area contributed by atoms with Crippen molar-refractivity contribution in [2.75, 3.05) is 13.7 Å². The molecule has 0 aromatic rings. The van der Waals surface area contributed by atoms with Gasteiger partial charge in [-0.2, -0.15) is 0 Å². The summed E-state index contributed by atoms with van der Waals surface area (Å²) in [6, 6.07) is 0.176. The van der Waals surface area contributed by atoms with Crippen molar-refractivity contribution >= 4 is 0 Å². The molecule has 0 fully saturated rings. The van der Waals surface area contributed by atoms with E-state index in [1.807, 2.05) is 36.4 Å². The van der Waals surface area contributed by atoms with E-state index < -0.39 is 0 Å². The van der Waals surface area contributed by atoms with E-state index in [2.05, 4.69) is 0 Å². The van der Waals surface area contributed by atoms with Gasteiger partial charge in [-0.25, -0.2) is 0 Å². The molecule has 2 heteroatoms. The second kappa shape index (κ2) is 2.69. The largest absolute Gasteiger partial charge is 0.394 e. The number of rotatable bonds is 1. The van der Waals surface area contributed by atoms with Crippen LogP contribution in [0, 0.1) is 0 Å². The van der Waals surface area contributed by atoms with E-state index in [-0.39, 0.29) is 12.6 Å². The molecule has 1 rings (SSSR count). The molecule has 9 heavy (non-hydrogen) atoms. The molecule has 0 aliphatic carbocycles. The van der Waals surface area contributed by atoms with Crippen LogP contribution in [0.4, 0.5) is 0 Å². The van der Waals surface area contributed by atoms with Crippen LogP contribution >= 0.6 is 0 Å². The Kier molecular flexibility index (Phi) is 1.90. The summed E-state index contributed by atoms with van der Waals surface area (Å²) in [5.41, 5.74) is 0. The van der Waals surface area contributed by atoms with Crippen LogP contribution in [0.25, 0.3) is 0 Å². The summed E-state index contributed by atoms with van der Waals surface area (Å²) in [5, 5.41) is 8.73. The zero-order valence-electron chi connectivity index (χ0n) is 5.49. The van der Waals surface area contributed by atoms with Gasteiger partial charge in [-0.05, 0) is 12.3 Å². The Balaban J connectivity index is 2.55. The first kappa shape index (κ1) is 6.36. The summed E-state index contributed by atoms with van der Waals surface area (Å²) in [6.07, 6.45) is 7.81. The first-order chi connectivity index (χ1) is 4.34. The van der Waals surface area contributed by atoms with Crippen LogP contribution in [0.1, 0.15) is 0 Å². The number of hydrogen-bond acceptors (Lipinski definition) is 2. The third kappa shape index (κ3) is 1.33. The van der Waals surface area contributed by atoms with E-state index in [4.69, 9.17) is 5.11 Å². The molecular formula is C7H11NO. The Morgan fingerprint density at radius 1 is 1.56 bits per heavy atom. The predicted octanol–water partition coefficient (Wildman–Crippen LogP) is 0.363. The molecule has 0 aromatic heterocycles. The highest BCUT2D eigenvalue weighted by atomic mass is 16.3. The van der Waals surface area contributed by atoms with E-state index in [1.54, 1.807) is 0 Å². The average Bonchev–Trinajstić information content (AvgIpc) is 1.89. The van der Waals surface area contributed by atoms with Gasteiger partial charge in [0.2, 0.25) is 0 Å². The topological polar surface area (TPSA) is 23.5 Å². The molecule has 0 radical (unpaired) electrons. The van der Waals surface area contributed by atoms with Crippen molar-refractivity contribution in [2.45, 2.75) is 6.04 Å². The first-order valence-electron chi connectivity index (χ1n) is 3.02. The fourth-order valence-electron chi connectivity index (χ4n) is 0.814. The van der Waals surface area contributed by atoms with Gasteiger partial charge in [0.05, 0.1) is 12.6 Å². The maximum atomic E-state index is 8.73. The van der Waals surface area contributed by atoms with Gasteiger partial charge in [0, 0.05) is 7.05 Å². The number of nitrogens with zero attached hydrogens (tertiary/aromatic N) is 1. The summed E-state index contributed by atoms with van der Waals surface area (Å²) < 4.78 is 0. The van der Waals surface area contributed by atoms with Gasteiger partial charge in [0.25, 0.3) is 0 Å². The highest BCUT2D eigenvalue weighted by Gasteiger charge is 2.06. The molecule has 0 saturated carbocycles. The van der Waals surface area contributed by atoms with Crippen molar-refractivity contribution in [2.24, 2.45) is 0 Å². The Morgan fingerprint density at radius 3 is 2.78 bits per heavy atom. The minimum Gasteiger partial charge on any atom is -0.394 e. The average molecular weight is 125 g/mol. The Labute approximate surface area is 55.1 Å². The molecule has 2 nitrogen and oxygen atoms in total. The third-order valence-electron chi connectivity index (χ3n) is 1.48. The molecule has 1 aliphatic rings. The lowest BCUT2D eigenvalue weighted by atomic mass is 10.2. The smallest absolute Gasteiger partial charge is 0.0698 e.